The second-order valence-corrected chi connectivity index (χ2v) is 6.29. The van der Waals surface area contributed by atoms with Crippen molar-refractivity contribution in [2.24, 2.45) is 5.10 Å². The molecular formula is C17H16BrN5O. The highest BCUT2D eigenvalue weighted by atomic mass is 79.9. The number of carbonyl (C=O) groups excluding carboxylic acids is 1. The number of amides is 1. The Balaban J connectivity index is 1.74. The minimum absolute atomic E-state index is 0.248. The second-order valence-electron chi connectivity index (χ2n) is 5.38. The van der Waals surface area contributed by atoms with Crippen molar-refractivity contribution < 1.29 is 4.79 Å². The molecule has 6 nitrogen and oxygen atoms in total. The molecule has 1 amide bonds. The molecule has 0 bridgehead atoms. The zero-order chi connectivity index (χ0) is 17.1. The van der Waals surface area contributed by atoms with Crippen molar-refractivity contribution in [2.75, 3.05) is 0 Å². The first-order chi connectivity index (χ1) is 11.6. The zero-order valence-corrected chi connectivity index (χ0v) is 14.9. The monoisotopic (exact) mass is 385 g/mol. The maximum atomic E-state index is 12.4. The van der Waals surface area contributed by atoms with Gasteiger partial charge in [-0.3, -0.25) is 4.79 Å². The Hall–Kier alpha value is -2.54. The fourth-order valence-corrected chi connectivity index (χ4v) is 2.54. The fraction of sp³-hybridized carbons (Fsp3) is 0.176. The number of rotatable bonds is 4. The molecule has 0 unspecified atom stereocenters. The van der Waals surface area contributed by atoms with E-state index in [0.717, 1.165) is 26.8 Å². The summed E-state index contributed by atoms with van der Waals surface area (Å²) in [5.74, 6) is -0.248. The summed E-state index contributed by atoms with van der Waals surface area (Å²) in [5, 5.41) is 12.3. The van der Waals surface area contributed by atoms with Gasteiger partial charge in [0.2, 0.25) is 0 Å². The topological polar surface area (TPSA) is 72.2 Å². The van der Waals surface area contributed by atoms with Gasteiger partial charge in [-0.15, -0.1) is 5.10 Å². The molecule has 24 heavy (non-hydrogen) atoms. The third-order valence-electron chi connectivity index (χ3n) is 3.72. The fourth-order valence-electron chi connectivity index (χ4n) is 2.27. The standard InChI is InChI=1S/C17H16BrN5O/c1-11(13-7-9-14(18)10-8-13)19-21-17(24)12(2)23-16-6-4-3-5-15(16)20-22-23/h3-10,12H,1-2H3,(H,21,24)/b19-11-/t12-/m0/s1. The van der Waals surface area contributed by atoms with Crippen molar-refractivity contribution in [3.63, 3.8) is 0 Å². The minimum atomic E-state index is -0.515. The highest BCUT2D eigenvalue weighted by molar-refractivity contribution is 9.10. The Bertz CT molecular complexity index is 901. The molecule has 1 N–H and O–H groups in total. The SMILES string of the molecule is C/C(=N/NC(=O)[C@H](C)n1nnc2ccccc21)c1ccc(Br)cc1. The first-order valence-corrected chi connectivity index (χ1v) is 8.25. The number of para-hydroxylation sites is 1. The van der Waals surface area contributed by atoms with Crippen LogP contribution in [0.2, 0.25) is 0 Å². The minimum Gasteiger partial charge on any atom is -0.271 e. The van der Waals surface area contributed by atoms with E-state index < -0.39 is 6.04 Å². The van der Waals surface area contributed by atoms with Crippen LogP contribution in [-0.2, 0) is 4.79 Å². The van der Waals surface area contributed by atoms with Gasteiger partial charge in [-0.2, -0.15) is 5.10 Å². The molecule has 3 aromatic rings. The van der Waals surface area contributed by atoms with Crippen LogP contribution >= 0.6 is 15.9 Å². The number of nitrogens with one attached hydrogen (secondary N) is 1. The summed E-state index contributed by atoms with van der Waals surface area (Å²) in [7, 11) is 0. The summed E-state index contributed by atoms with van der Waals surface area (Å²) in [6, 6.07) is 14.7. The van der Waals surface area contributed by atoms with Crippen LogP contribution < -0.4 is 5.43 Å². The van der Waals surface area contributed by atoms with Gasteiger partial charge in [0.15, 0.2) is 0 Å². The molecule has 3 rings (SSSR count). The highest BCUT2D eigenvalue weighted by Gasteiger charge is 2.18. The largest absolute Gasteiger partial charge is 0.271 e. The molecular weight excluding hydrogens is 370 g/mol. The molecule has 0 saturated heterocycles. The Labute approximate surface area is 147 Å². The van der Waals surface area contributed by atoms with E-state index >= 15 is 0 Å². The number of benzene rings is 2. The lowest BCUT2D eigenvalue weighted by Gasteiger charge is -2.11. The zero-order valence-electron chi connectivity index (χ0n) is 13.3. The summed E-state index contributed by atoms with van der Waals surface area (Å²) in [6.45, 7) is 3.61. The number of hydrazone groups is 1. The number of fused-ring (bicyclic) bond motifs is 1. The lowest BCUT2D eigenvalue weighted by Crippen LogP contribution is -2.28. The van der Waals surface area contributed by atoms with Gasteiger partial charge in [-0.1, -0.05) is 45.4 Å². The second kappa shape index (κ2) is 6.92. The third-order valence-corrected chi connectivity index (χ3v) is 4.25. The van der Waals surface area contributed by atoms with Crippen LogP contribution in [0.15, 0.2) is 58.1 Å². The van der Waals surface area contributed by atoms with Gasteiger partial charge in [-0.05, 0) is 43.7 Å². The Morgan fingerprint density at radius 1 is 1.21 bits per heavy atom. The molecule has 122 valence electrons. The Morgan fingerprint density at radius 2 is 1.92 bits per heavy atom. The summed E-state index contributed by atoms with van der Waals surface area (Å²) in [5.41, 5.74) is 5.84. The molecule has 1 heterocycles. The molecule has 7 heteroatoms. The van der Waals surface area contributed by atoms with E-state index in [4.69, 9.17) is 0 Å². The molecule has 0 fully saturated rings. The van der Waals surface area contributed by atoms with Gasteiger partial charge in [0.05, 0.1) is 11.2 Å². The number of carbonyl (C=O) groups is 1. The van der Waals surface area contributed by atoms with Crippen LogP contribution in [0.4, 0.5) is 0 Å². The molecule has 0 spiro atoms. The average molecular weight is 386 g/mol. The number of nitrogens with zero attached hydrogens (tertiary/aromatic N) is 4. The smallest absolute Gasteiger partial charge is 0.264 e. The predicted molar refractivity (Wildman–Crippen MR) is 96.7 cm³/mol. The lowest BCUT2D eigenvalue weighted by atomic mass is 10.1. The Kier molecular flexibility index (Phi) is 4.71. The first kappa shape index (κ1) is 16.3. The van der Waals surface area contributed by atoms with E-state index in [1.807, 2.05) is 55.5 Å². The van der Waals surface area contributed by atoms with Gasteiger partial charge < -0.3 is 0 Å². The first-order valence-electron chi connectivity index (χ1n) is 7.46. The number of halogens is 1. The van der Waals surface area contributed by atoms with E-state index in [2.05, 4.69) is 36.8 Å². The molecule has 1 atom stereocenters. The molecule has 0 saturated carbocycles. The lowest BCUT2D eigenvalue weighted by molar-refractivity contribution is -0.124. The quantitative estimate of drug-likeness (QED) is 0.553. The van der Waals surface area contributed by atoms with E-state index in [1.165, 1.54) is 0 Å². The van der Waals surface area contributed by atoms with E-state index in [0.29, 0.717) is 0 Å². The molecule has 0 aliphatic heterocycles. The maximum Gasteiger partial charge on any atom is 0.264 e. The van der Waals surface area contributed by atoms with E-state index in [1.54, 1.807) is 11.6 Å². The summed E-state index contributed by atoms with van der Waals surface area (Å²) >= 11 is 3.39. The molecule has 2 aromatic carbocycles. The van der Waals surface area contributed by atoms with Crippen LogP contribution in [0.5, 0.6) is 0 Å². The summed E-state index contributed by atoms with van der Waals surface area (Å²) < 4.78 is 2.59. The van der Waals surface area contributed by atoms with Crippen LogP contribution in [0, 0.1) is 0 Å². The average Bonchev–Trinajstić information content (AvgIpc) is 3.03. The van der Waals surface area contributed by atoms with E-state index in [9.17, 15) is 4.79 Å². The van der Waals surface area contributed by atoms with Crippen LogP contribution in [0.1, 0.15) is 25.5 Å². The third kappa shape index (κ3) is 3.35. The number of hydrogen-bond donors (Lipinski definition) is 1. The highest BCUT2D eigenvalue weighted by Crippen LogP contribution is 2.15. The molecule has 0 aliphatic carbocycles. The maximum absolute atomic E-state index is 12.4. The van der Waals surface area contributed by atoms with Crippen LogP contribution in [0.25, 0.3) is 11.0 Å². The normalized spacial score (nSPS) is 13.0. The van der Waals surface area contributed by atoms with Gasteiger partial charge in [0.1, 0.15) is 11.6 Å². The van der Waals surface area contributed by atoms with Gasteiger partial charge >= 0.3 is 0 Å². The Morgan fingerprint density at radius 3 is 2.67 bits per heavy atom. The molecule has 0 aliphatic rings. The van der Waals surface area contributed by atoms with Crippen molar-refractivity contribution in [1.29, 1.82) is 0 Å². The molecule has 1 aromatic heterocycles. The van der Waals surface area contributed by atoms with Crippen molar-refractivity contribution >= 4 is 38.6 Å². The van der Waals surface area contributed by atoms with Gasteiger partial charge in [0.25, 0.3) is 5.91 Å². The molecule has 0 radical (unpaired) electrons. The van der Waals surface area contributed by atoms with Crippen molar-refractivity contribution in [2.45, 2.75) is 19.9 Å². The summed E-state index contributed by atoms with van der Waals surface area (Å²) in [6.07, 6.45) is 0. The van der Waals surface area contributed by atoms with E-state index in [-0.39, 0.29) is 5.91 Å². The predicted octanol–water partition coefficient (Wildman–Crippen LogP) is 3.30. The van der Waals surface area contributed by atoms with Crippen molar-refractivity contribution in [1.82, 2.24) is 20.4 Å². The van der Waals surface area contributed by atoms with Crippen LogP contribution in [-0.4, -0.2) is 26.6 Å². The van der Waals surface area contributed by atoms with Gasteiger partial charge in [-0.25, -0.2) is 10.1 Å². The van der Waals surface area contributed by atoms with Crippen molar-refractivity contribution in [3.05, 3.63) is 58.6 Å². The number of hydrogen-bond acceptors (Lipinski definition) is 4. The van der Waals surface area contributed by atoms with Crippen LogP contribution in [0.3, 0.4) is 0 Å². The summed E-state index contributed by atoms with van der Waals surface area (Å²) in [4.78, 5) is 12.4. The van der Waals surface area contributed by atoms with Crippen molar-refractivity contribution in [3.8, 4) is 0 Å². The van der Waals surface area contributed by atoms with Gasteiger partial charge in [0, 0.05) is 4.47 Å². The number of aromatic nitrogens is 3.